The molecule has 1 aliphatic heterocycles. The van der Waals surface area contributed by atoms with Crippen molar-refractivity contribution in [1.29, 1.82) is 0 Å². The van der Waals surface area contributed by atoms with E-state index in [1.165, 1.54) is 0 Å². The highest BCUT2D eigenvalue weighted by atomic mass is 19.3. The zero-order valence-electron chi connectivity index (χ0n) is 6.32. The Balaban J connectivity index is 2.48. The van der Waals surface area contributed by atoms with E-state index in [0.717, 1.165) is 19.3 Å². The fourth-order valence-corrected chi connectivity index (χ4v) is 1.43. The molecular formula is C7H14F2N+. The lowest BCUT2D eigenvalue weighted by Crippen LogP contribution is -2.51. The first-order chi connectivity index (χ1) is 4.65. The van der Waals surface area contributed by atoms with Gasteiger partial charge in [0.2, 0.25) is 0 Å². The highest BCUT2D eigenvalue weighted by molar-refractivity contribution is 4.49. The molecule has 0 atom stereocenters. The molecule has 0 bridgehead atoms. The fourth-order valence-electron chi connectivity index (χ4n) is 1.43. The summed E-state index contributed by atoms with van der Waals surface area (Å²) in [7, 11) is 1.64. The van der Waals surface area contributed by atoms with Crippen molar-refractivity contribution >= 4 is 0 Å². The summed E-state index contributed by atoms with van der Waals surface area (Å²) in [5.74, 6) is 0. The van der Waals surface area contributed by atoms with E-state index in [1.54, 1.807) is 7.05 Å². The Bertz CT molecular complexity index is 108. The number of alkyl halides is 2. The lowest BCUT2D eigenvalue weighted by molar-refractivity contribution is -0.966. The summed E-state index contributed by atoms with van der Waals surface area (Å²) >= 11 is 0. The summed E-state index contributed by atoms with van der Waals surface area (Å²) in [5, 5.41) is 0. The molecule has 1 aliphatic rings. The van der Waals surface area contributed by atoms with Crippen molar-refractivity contribution in [1.82, 2.24) is 0 Å². The molecule has 0 saturated carbocycles. The molecule has 1 heterocycles. The predicted molar refractivity (Wildman–Crippen MR) is 35.8 cm³/mol. The van der Waals surface area contributed by atoms with Gasteiger partial charge in [-0.2, -0.15) is 8.78 Å². The minimum atomic E-state index is -2.18. The van der Waals surface area contributed by atoms with Crippen LogP contribution in [0.25, 0.3) is 0 Å². The monoisotopic (exact) mass is 150 g/mol. The normalized spacial score (nSPS) is 25.2. The van der Waals surface area contributed by atoms with Gasteiger partial charge in [-0.15, -0.1) is 0 Å². The average Bonchev–Trinajstić information content (AvgIpc) is 1.89. The van der Waals surface area contributed by atoms with Gasteiger partial charge in [-0.25, -0.2) is 0 Å². The van der Waals surface area contributed by atoms with Crippen molar-refractivity contribution in [2.75, 3.05) is 20.1 Å². The summed E-state index contributed by atoms with van der Waals surface area (Å²) in [6, 6.07) is 0. The van der Waals surface area contributed by atoms with Crippen molar-refractivity contribution in [2.45, 2.75) is 25.8 Å². The molecular weight excluding hydrogens is 136 g/mol. The predicted octanol–water partition coefficient (Wildman–Crippen LogP) is 1.84. The number of likely N-dealkylation sites (tertiary alicyclic amines) is 1. The van der Waals surface area contributed by atoms with Gasteiger partial charge in [-0.3, -0.25) is 4.48 Å². The number of rotatable bonds is 1. The van der Waals surface area contributed by atoms with Gasteiger partial charge < -0.3 is 0 Å². The molecule has 1 nitrogen and oxygen atoms in total. The molecule has 0 N–H and O–H groups in total. The van der Waals surface area contributed by atoms with Gasteiger partial charge in [-0.05, 0) is 19.3 Å². The van der Waals surface area contributed by atoms with E-state index in [2.05, 4.69) is 0 Å². The largest absolute Gasteiger partial charge is 0.380 e. The van der Waals surface area contributed by atoms with Crippen molar-refractivity contribution in [3.05, 3.63) is 0 Å². The van der Waals surface area contributed by atoms with Crippen LogP contribution < -0.4 is 0 Å². The molecule has 0 aliphatic carbocycles. The molecule has 0 amide bonds. The summed E-state index contributed by atoms with van der Waals surface area (Å²) in [4.78, 5) is 0. The van der Waals surface area contributed by atoms with Crippen LogP contribution in [0.4, 0.5) is 8.78 Å². The van der Waals surface area contributed by atoms with Crippen molar-refractivity contribution < 1.29 is 13.3 Å². The van der Waals surface area contributed by atoms with Crippen LogP contribution in [0.15, 0.2) is 0 Å². The molecule has 0 unspecified atom stereocenters. The number of hydrogen-bond acceptors (Lipinski definition) is 0. The van der Waals surface area contributed by atoms with Crippen LogP contribution in [0.3, 0.4) is 0 Å². The van der Waals surface area contributed by atoms with Crippen molar-refractivity contribution in [3.63, 3.8) is 0 Å². The topological polar surface area (TPSA) is 0 Å². The van der Waals surface area contributed by atoms with E-state index in [1.807, 2.05) is 0 Å². The minimum absolute atomic E-state index is 0.0278. The van der Waals surface area contributed by atoms with E-state index in [-0.39, 0.29) is 4.48 Å². The van der Waals surface area contributed by atoms with Crippen LogP contribution in [0.5, 0.6) is 0 Å². The highest BCUT2D eigenvalue weighted by Crippen LogP contribution is 2.21. The summed E-state index contributed by atoms with van der Waals surface area (Å²) < 4.78 is 24.5. The summed E-state index contributed by atoms with van der Waals surface area (Å²) in [6.45, 7) is -0.879. The quantitative estimate of drug-likeness (QED) is 0.395. The van der Waals surface area contributed by atoms with E-state index in [9.17, 15) is 8.78 Å². The third-order valence-corrected chi connectivity index (χ3v) is 2.31. The Hall–Kier alpha value is -0.180. The molecule has 0 aromatic rings. The highest BCUT2D eigenvalue weighted by Gasteiger charge is 2.33. The Morgan fingerprint density at radius 2 is 1.60 bits per heavy atom. The first-order valence-corrected chi connectivity index (χ1v) is 3.77. The second-order valence-electron chi connectivity index (χ2n) is 3.26. The van der Waals surface area contributed by atoms with Gasteiger partial charge in [0, 0.05) is 0 Å². The van der Waals surface area contributed by atoms with Gasteiger partial charge in [0.25, 0.3) is 0 Å². The van der Waals surface area contributed by atoms with Gasteiger partial charge in [0.15, 0.2) is 0 Å². The number of nitrogens with zero attached hydrogens (tertiary/aromatic N) is 1. The van der Waals surface area contributed by atoms with Gasteiger partial charge in [0.1, 0.15) is 0 Å². The summed E-state index contributed by atoms with van der Waals surface area (Å²) in [6.07, 6.45) is 3.04. The fraction of sp³-hybridized carbons (Fsp3) is 1.00. The zero-order valence-corrected chi connectivity index (χ0v) is 6.32. The first-order valence-electron chi connectivity index (χ1n) is 3.77. The third kappa shape index (κ3) is 1.45. The van der Waals surface area contributed by atoms with Gasteiger partial charge >= 0.3 is 6.55 Å². The number of hydrogen-bond donors (Lipinski definition) is 0. The minimum Gasteiger partial charge on any atom is -0.268 e. The smallest absolute Gasteiger partial charge is 0.268 e. The molecule has 0 radical (unpaired) electrons. The zero-order chi connectivity index (χ0) is 7.61. The van der Waals surface area contributed by atoms with Crippen LogP contribution in [0.1, 0.15) is 19.3 Å². The molecule has 1 saturated heterocycles. The van der Waals surface area contributed by atoms with Gasteiger partial charge in [0.05, 0.1) is 20.1 Å². The Morgan fingerprint density at radius 1 is 1.10 bits per heavy atom. The van der Waals surface area contributed by atoms with Gasteiger partial charge in [-0.1, -0.05) is 0 Å². The van der Waals surface area contributed by atoms with E-state index >= 15 is 0 Å². The third-order valence-electron chi connectivity index (χ3n) is 2.31. The van der Waals surface area contributed by atoms with Crippen molar-refractivity contribution in [3.8, 4) is 0 Å². The maximum Gasteiger partial charge on any atom is 0.380 e. The Labute approximate surface area is 60.2 Å². The van der Waals surface area contributed by atoms with Crippen LogP contribution in [-0.2, 0) is 0 Å². The lowest BCUT2D eigenvalue weighted by Gasteiger charge is -2.36. The molecule has 1 fully saturated rings. The van der Waals surface area contributed by atoms with Crippen molar-refractivity contribution in [2.24, 2.45) is 0 Å². The second-order valence-corrected chi connectivity index (χ2v) is 3.26. The van der Waals surface area contributed by atoms with Crippen LogP contribution in [-0.4, -0.2) is 31.2 Å². The molecule has 0 spiro atoms. The molecule has 3 heteroatoms. The second kappa shape index (κ2) is 2.82. The number of halogens is 2. The summed E-state index contributed by atoms with van der Waals surface area (Å²) in [5.41, 5.74) is 0. The van der Waals surface area contributed by atoms with E-state index in [0.29, 0.717) is 13.1 Å². The average molecular weight is 150 g/mol. The van der Waals surface area contributed by atoms with Crippen LogP contribution in [0, 0.1) is 0 Å². The maximum atomic E-state index is 12.3. The molecule has 0 aromatic heterocycles. The standard InChI is InChI=1S/C7H14F2N/c1-10(7(8)9)5-3-2-4-6-10/h7H,2-6H2,1H3/q+1. The van der Waals surface area contributed by atoms with Crippen LogP contribution >= 0.6 is 0 Å². The SMILES string of the molecule is C[N+]1(C(F)F)CCCCC1. The maximum absolute atomic E-state index is 12.3. The lowest BCUT2D eigenvalue weighted by atomic mass is 10.1. The Kier molecular flexibility index (Phi) is 2.24. The molecule has 60 valence electrons. The van der Waals surface area contributed by atoms with Crippen LogP contribution in [0.2, 0.25) is 0 Å². The molecule has 0 aromatic carbocycles. The van der Waals surface area contributed by atoms with E-state index < -0.39 is 6.55 Å². The van der Waals surface area contributed by atoms with E-state index in [4.69, 9.17) is 0 Å². The molecule has 10 heavy (non-hydrogen) atoms. The number of piperidine rings is 1. The number of quaternary nitrogens is 1. The first kappa shape index (κ1) is 7.92. The Morgan fingerprint density at radius 3 is 1.90 bits per heavy atom. The molecule has 1 rings (SSSR count).